The van der Waals surface area contributed by atoms with Crippen LogP contribution in [0.4, 0.5) is 0 Å². The number of amides is 1. The van der Waals surface area contributed by atoms with E-state index in [9.17, 15) is 4.79 Å². The van der Waals surface area contributed by atoms with Crippen molar-refractivity contribution in [1.82, 2.24) is 10.5 Å². The first-order valence-corrected chi connectivity index (χ1v) is 8.66. The van der Waals surface area contributed by atoms with Crippen molar-refractivity contribution in [2.75, 3.05) is 12.3 Å². The molecule has 1 N–H and O–H groups in total. The summed E-state index contributed by atoms with van der Waals surface area (Å²) in [5.41, 5.74) is 0.313. The van der Waals surface area contributed by atoms with Crippen molar-refractivity contribution in [3.8, 4) is 10.6 Å². The summed E-state index contributed by atoms with van der Waals surface area (Å²) in [6.45, 7) is 0.583. The Balaban J connectivity index is 1.48. The van der Waals surface area contributed by atoms with Crippen LogP contribution in [-0.2, 0) is 0 Å². The van der Waals surface area contributed by atoms with Gasteiger partial charge in [0, 0.05) is 23.3 Å². The molecule has 0 aliphatic heterocycles. The first-order chi connectivity index (χ1) is 10.8. The van der Waals surface area contributed by atoms with E-state index in [2.05, 4.69) is 22.6 Å². The van der Waals surface area contributed by atoms with Crippen molar-refractivity contribution in [1.29, 1.82) is 0 Å². The van der Waals surface area contributed by atoms with E-state index in [1.807, 2.05) is 35.7 Å². The van der Waals surface area contributed by atoms with Gasteiger partial charge in [0.25, 0.3) is 5.91 Å². The van der Waals surface area contributed by atoms with Crippen LogP contribution < -0.4 is 5.32 Å². The Morgan fingerprint density at radius 3 is 2.86 bits per heavy atom. The molecule has 0 spiro atoms. The highest BCUT2D eigenvalue weighted by Gasteiger charge is 2.13. The molecule has 3 aromatic rings. The highest BCUT2D eigenvalue weighted by molar-refractivity contribution is 7.99. The van der Waals surface area contributed by atoms with Gasteiger partial charge in [0.1, 0.15) is 0 Å². The SMILES string of the molecule is O=C(NCCSc1ccccc1)c1cc(-c2cccs2)on1. The molecule has 2 aromatic heterocycles. The predicted octanol–water partition coefficient (Wildman–Crippen LogP) is 3.93. The lowest BCUT2D eigenvalue weighted by Gasteiger charge is -2.02. The maximum Gasteiger partial charge on any atom is 0.273 e. The van der Waals surface area contributed by atoms with Gasteiger partial charge in [-0.1, -0.05) is 29.4 Å². The van der Waals surface area contributed by atoms with Crippen molar-refractivity contribution < 1.29 is 9.32 Å². The largest absolute Gasteiger partial charge is 0.355 e. The maximum absolute atomic E-state index is 12.0. The second kappa shape index (κ2) is 7.29. The van der Waals surface area contributed by atoms with E-state index in [1.54, 1.807) is 29.2 Å². The van der Waals surface area contributed by atoms with Gasteiger partial charge >= 0.3 is 0 Å². The van der Waals surface area contributed by atoms with Gasteiger partial charge in [0.05, 0.1) is 4.88 Å². The van der Waals surface area contributed by atoms with Gasteiger partial charge in [-0.15, -0.1) is 23.1 Å². The number of carbonyl (C=O) groups excluding carboxylic acids is 1. The molecular formula is C16H14N2O2S2. The van der Waals surface area contributed by atoms with Crippen LogP contribution in [0.3, 0.4) is 0 Å². The third-order valence-corrected chi connectivity index (χ3v) is 4.80. The van der Waals surface area contributed by atoms with Crippen LogP contribution in [0, 0.1) is 0 Å². The van der Waals surface area contributed by atoms with Gasteiger partial charge in [0.15, 0.2) is 11.5 Å². The molecule has 1 amide bonds. The van der Waals surface area contributed by atoms with Crippen LogP contribution >= 0.6 is 23.1 Å². The van der Waals surface area contributed by atoms with E-state index in [1.165, 1.54) is 4.90 Å². The maximum atomic E-state index is 12.0. The van der Waals surface area contributed by atoms with E-state index in [-0.39, 0.29) is 5.91 Å². The lowest BCUT2D eigenvalue weighted by atomic mass is 10.3. The van der Waals surface area contributed by atoms with E-state index >= 15 is 0 Å². The van der Waals surface area contributed by atoms with E-state index in [4.69, 9.17) is 4.52 Å². The summed E-state index contributed by atoms with van der Waals surface area (Å²) >= 11 is 3.26. The van der Waals surface area contributed by atoms with Gasteiger partial charge in [-0.2, -0.15) is 0 Å². The number of nitrogens with one attached hydrogen (secondary N) is 1. The van der Waals surface area contributed by atoms with E-state index in [0.29, 0.717) is 18.0 Å². The zero-order valence-corrected chi connectivity index (χ0v) is 13.3. The normalized spacial score (nSPS) is 10.5. The van der Waals surface area contributed by atoms with Crippen LogP contribution in [0.5, 0.6) is 0 Å². The summed E-state index contributed by atoms with van der Waals surface area (Å²) in [5, 5.41) is 8.63. The standard InChI is InChI=1S/C16H14N2O2S2/c19-16(17-8-10-21-12-5-2-1-3-6-12)13-11-14(20-18-13)15-7-4-9-22-15/h1-7,9,11H,8,10H2,(H,17,19). The van der Waals surface area contributed by atoms with Crippen LogP contribution in [0.2, 0.25) is 0 Å². The Morgan fingerprint density at radius 2 is 2.09 bits per heavy atom. The fourth-order valence-corrected chi connectivity index (χ4v) is 3.32. The lowest BCUT2D eigenvalue weighted by molar-refractivity contribution is 0.0947. The molecule has 22 heavy (non-hydrogen) atoms. The molecule has 0 unspecified atom stereocenters. The molecule has 3 rings (SSSR count). The van der Waals surface area contributed by atoms with E-state index in [0.717, 1.165) is 10.6 Å². The highest BCUT2D eigenvalue weighted by atomic mass is 32.2. The molecule has 0 bridgehead atoms. The van der Waals surface area contributed by atoms with Crippen LogP contribution in [-0.4, -0.2) is 23.4 Å². The third kappa shape index (κ3) is 3.78. The van der Waals surface area contributed by atoms with Crippen molar-refractivity contribution in [2.24, 2.45) is 0 Å². The zero-order chi connectivity index (χ0) is 15.2. The molecule has 0 fully saturated rings. The summed E-state index contributed by atoms with van der Waals surface area (Å²) in [6.07, 6.45) is 0. The Bertz CT molecular complexity index is 724. The Kier molecular flexibility index (Phi) is 4.92. The number of hydrogen-bond acceptors (Lipinski definition) is 5. The second-order valence-electron chi connectivity index (χ2n) is 4.47. The molecule has 0 atom stereocenters. The van der Waals surface area contributed by atoms with Gasteiger partial charge in [-0.3, -0.25) is 4.79 Å². The number of benzene rings is 1. The van der Waals surface area contributed by atoms with Crippen LogP contribution in [0.25, 0.3) is 10.6 Å². The molecule has 0 aliphatic rings. The predicted molar refractivity (Wildman–Crippen MR) is 89.3 cm³/mol. The second-order valence-corrected chi connectivity index (χ2v) is 6.59. The van der Waals surface area contributed by atoms with Gasteiger partial charge in [-0.05, 0) is 23.6 Å². The molecule has 4 nitrogen and oxygen atoms in total. The number of carbonyl (C=O) groups is 1. The third-order valence-electron chi connectivity index (χ3n) is 2.91. The lowest BCUT2D eigenvalue weighted by Crippen LogP contribution is -2.25. The van der Waals surface area contributed by atoms with Gasteiger partial charge in [-0.25, -0.2) is 0 Å². The molecule has 0 saturated carbocycles. The summed E-state index contributed by atoms with van der Waals surface area (Å²) in [6, 6.07) is 15.6. The average molecular weight is 330 g/mol. The number of thioether (sulfide) groups is 1. The zero-order valence-electron chi connectivity index (χ0n) is 11.7. The highest BCUT2D eigenvalue weighted by Crippen LogP contribution is 2.25. The van der Waals surface area contributed by atoms with Crippen molar-refractivity contribution in [3.63, 3.8) is 0 Å². The fraction of sp³-hybridized carbons (Fsp3) is 0.125. The summed E-state index contributed by atoms with van der Waals surface area (Å²) in [5.74, 6) is 1.23. The van der Waals surface area contributed by atoms with E-state index < -0.39 is 0 Å². The minimum absolute atomic E-state index is 0.208. The molecule has 0 radical (unpaired) electrons. The Hall–Kier alpha value is -2.05. The summed E-state index contributed by atoms with van der Waals surface area (Å²) < 4.78 is 5.20. The smallest absolute Gasteiger partial charge is 0.273 e. The molecular weight excluding hydrogens is 316 g/mol. The number of hydrogen-bond donors (Lipinski definition) is 1. The molecule has 2 heterocycles. The summed E-state index contributed by atoms with van der Waals surface area (Å²) in [7, 11) is 0. The molecule has 1 aromatic carbocycles. The Labute approximate surface area is 136 Å². The molecule has 112 valence electrons. The number of aromatic nitrogens is 1. The number of thiophene rings is 1. The van der Waals surface area contributed by atoms with Crippen LogP contribution in [0.1, 0.15) is 10.5 Å². The fourth-order valence-electron chi connectivity index (χ4n) is 1.86. The Morgan fingerprint density at radius 1 is 1.23 bits per heavy atom. The minimum Gasteiger partial charge on any atom is -0.355 e. The van der Waals surface area contributed by atoms with Gasteiger partial charge < -0.3 is 9.84 Å². The number of rotatable bonds is 6. The monoisotopic (exact) mass is 330 g/mol. The first-order valence-electron chi connectivity index (χ1n) is 6.79. The van der Waals surface area contributed by atoms with Crippen LogP contribution in [0.15, 0.2) is 63.3 Å². The van der Waals surface area contributed by atoms with Gasteiger partial charge in [0.2, 0.25) is 0 Å². The topological polar surface area (TPSA) is 55.1 Å². The molecule has 0 saturated heterocycles. The minimum atomic E-state index is -0.208. The van der Waals surface area contributed by atoms with Crippen molar-refractivity contribution in [2.45, 2.75) is 4.90 Å². The number of nitrogens with zero attached hydrogens (tertiary/aromatic N) is 1. The van der Waals surface area contributed by atoms with Crippen molar-refractivity contribution in [3.05, 3.63) is 59.6 Å². The quantitative estimate of drug-likeness (QED) is 0.550. The molecule has 0 aliphatic carbocycles. The first kappa shape index (κ1) is 14.9. The summed E-state index contributed by atoms with van der Waals surface area (Å²) in [4.78, 5) is 14.2. The van der Waals surface area contributed by atoms with Crippen molar-refractivity contribution >= 4 is 29.0 Å². The average Bonchev–Trinajstić information content (AvgIpc) is 3.22. The molecule has 6 heteroatoms.